The van der Waals surface area contributed by atoms with Gasteiger partial charge in [-0.15, -0.1) is 11.3 Å². The van der Waals surface area contributed by atoms with Gasteiger partial charge in [0.15, 0.2) is 0 Å². The molecule has 1 N–H and O–H groups in total. The Morgan fingerprint density at radius 3 is 2.81 bits per heavy atom. The van der Waals surface area contributed by atoms with E-state index in [1.54, 1.807) is 0 Å². The minimum atomic E-state index is 0.0751. The molecule has 0 bridgehead atoms. The van der Waals surface area contributed by atoms with E-state index in [0.717, 1.165) is 36.3 Å². The molecule has 0 saturated heterocycles. The Hall–Kier alpha value is -1.65. The number of hydrogen-bond acceptors (Lipinski definition) is 3. The molecular formula is C17H20N2OS. The van der Waals surface area contributed by atoms with Crippen LogP contribution in [0.3, 0.4) is 0 Å². The van der Waals surface area contributed by atoms with Gasteiger partial charge in [-0.3, -0.25) is 9.69 Å². The van der Waals surface area contributed by atoms with Crippen molar-refractivity contribution in [3.8, 4) is 0 Å². The third-order valence-corrected chi connectivity index (χ3v) is 5.02. The van der Waals surface area contributed by atoms with Crippen molar-refractivity contribution in [1.82, 2.24) is 4.90 Å². The van der Waals surface area contributed by atoms with Crippen molar-refractivity contribution < 1.29 is 4.79 Å². The molecule has 3 rings (SSSR count). The van der Waals surface area contributed by atoms with E-state index in [1.165, 1.54) is 10.4 Å². The van der Waals surface area contributed by atoms with E-state index in [2.05, 4.69) is 21.7 Å². The van der Waals surface area contributed by atoms with Crippen molar-refractivity contribution in [2.75, 3.05) is 18.4 Å². The van der Waals surface area contributed by atoms with Gasteiger partial charge in [-0.05, 0) is 48.4 Å². The Balaban J connectivity index is 1.63. The molecule has 1 amide bonds. The van der Waals surface area contributed by atoms with Gasteiger partial charge in [0.1, 0.15) is 0 Å². The summed E-state index contributed by atoms with van der Waals surface area (Å²) in [6.07, 6.45) is 1.06. The number of fused-ring (bicyclic) bond motifs is 1. The number of thiophene rings is 1. The summed E-state index contributed by atoms with van der Waals surface area (Å²) >= 11 is 1.83. The molecule has 1 aliphatic heterocycles. The van der Waals surface area contributed by atoms with E-state index in [-0.39, 0.29) is 5.91 Å². The largest absolute Gasteiger partial charge is 0.324 e. The number of benzene rings is 1. The summed E-state index contributed by atoms with van der Waals surface area (Å²) in [4.78, 5) is 16.0. The molecule has 1 aromatic carbocycles. The zero-order valence-electron chi connectivity index (χ0n) is 12.5. The second-order valence-electron chi connectivity index (χ2n) is 5.64. The third kappa shape index (κ3) is 3.17. The summed E-state index contributed by atoms with van der Waals surface area (Å²) in [6.45, 7) is 6.37. The van der Waals surface area contributed by atoms with Gasteiger partial charge in [-0.2, -0.15) is 0 Å². The predicted octanol–water partition coefficient (Wildman–Crippen LogP) is 3.36. The molecule has 0 aliphatic carbocycles. The number of para-hydroxylation sites is 1. The van der Waals surface area contributed by atoms with Gasteiger partial charge >= 0.3 is 0 Å². The summed E-state index contributed by atoms with van der Waals surface area (Å²) in [5, 5.41) is 5.21. The first-order valence-corrected chi connectivity index (χ1v) is 8.15. The average molecular weight is 300 g/mol. The monoisotopic (exact) mass is 300 g/mol. The number of amides is 1. The maximum absolute atomic E-state index is 12.3. The van der Waals surface area contributed by atoms with Crippen LogP contribution in [0.1, 0.15) is 21.6 Å². The summed E-state index contributed by atoms with van der Waals surface area (Å²) in [5.74, 6) is 0.0751. The highest BCUT2D eigenvalue weighted by Crippen LogP contribution is 2.24. The normalized spacial score (nSPS) is 14.8. The fraction of sp³-hybridized carbons (Fsp3) is 0.353. The highest BCUT2D eigenvalue weighted by molar-refractivity contribution is 7.10. The topological polar surface area (TPSA) is 32.3 Å². The maximum Gasteiger partial charge on any atom is 0.238 e. The number of nitrogens with zero attached hydrogens (tertiary/aromatic N) is 1. The number of anilines is 1. The standard InChI is InChI=1S/C17H20N2OS/c1-12-4-3-5-13(2)17(12)18-16(20)11-19-8-6-15-14(10-19)7-9-21-15/h3-5,7,9H,6,8,10-11H2,1-2H3,(H,18,20). The molecule has 0 unspecified atom stereocenters. The SMILES string of the molecule is Cc1cccc(C)c1NC(=O)CN1CCc2sccc2C1. The van der Waals surface area contributed by atoms with E-state index in [4.69, 9.17) is 0 Å². The minimum absolute atomic E-state index is 0.0751. The number of aryl methyl sites for hydroxylation is 2. The molecule has 3 nitrogen and oxygen atoms in total. The molecule has 1 aromatic heterocycles. The van der Waals surface area contributed by atoms with Crippen LogP contribution in [0.15, 0.2) is 29.6 Å². The molecule has 0 saturated carbocycles. The van der Waals surface area contributed by atoms with E-state index in [0.29, 0.717) is 6.54 Å². The van der Waals surface area contributed by atoms with Crippen molar-refractivity contribution in [3.63, 3.8) is 0 Å². The van der Waals surface area contributed by atoms with E-state index < -0.39 is 0 Å². The van der Waals surface area contributed by atoms with Gasteiger partial charge in [-0.1, -0.05) is 18.2 Å². The zero-order chi connectivity index (χ0) is 14.8. The Morgan fingerprint density at radius 2 is 2.05 bits per heavy atom. The van der Waals surface area contributed by atoms with E-state index >= 15 is 0 Å². The van der Waals surface area contributed by atoms with Crippen molar-refractivity contribution in [2.45, 2.75) is 26.8 Å². The van der Waals surface area contributed by atoms with Crippen LogP contribution in [0.5, 0.6) is 0 Å². The van der Waals surface area contributed by atoms with Crippen molar-refractivity contribution in [1.29, 1.82) is 0 Å². The molecule has 0 fully saturated rings. The summed E-state index contributed by atoms with van der Waals surface area (Å²) in [5.41, 5.74) is 4.56. The second kappa shape index (κ2) is 6.00. The maximum atomic E-state index is 12.3. The molecule has 4 heteroatoms. The highest BCUT2D eigenvalue weighted by Gasteiger charge is 2.19. The van der Waals surface area contributed by atoms with Gasteiger partial charge in [0.25, 0.3) is 0 Å². The molecule has 2 aromatic rings. The zero-order valence-corrected chi connectivity index (χ0v) is 13.3. The lowest BCUT2D eigenvalue weighted by Gasteiger charge is -2.26. The molecule has 110 valence electrons. The average Bonchev–Trinajstić information content (AvgIpc) is 2.90. The molecule has 1 aliphatic rings. The fourth-order valence-corrected chi connectivity index (χ4v) is 3.73. The number of carbonyl (C=O) groups excluding carboxylic acids is 1. The minimum Gasteiger partial charge on any atom is -0.324 e. The van der Waals surface area contributed by atoms with Crippen LogP contribution in [0.25, 0.3) is 0 Å². The van der Waals surface area contributed by atoms with Crippen LogP contribution in [0, 0.1) is 13.8 Å². The van der Waals surface area contributed by atoms with E-state index in [1.807, 2.05) is 43.4 Å². The van der Waals surface area contributed by atoms with Crippen LogP contribution in [-0.4, -0.2) is 23.9 Å². The molecule has 0 atom stereocenters. The molecule has 2 heterocycles. The van der Waals surface area contributed by atoms with Crippen molar-refractivity contribution in [2.24, 2.45) is 0 Å². The summed E-state index contributed by atoms with van der Waals surface area (Å²) < 4.78 is 0. The third-order valence-electron chi connectivity index (χ3n) is 4.00. The fourth-order valence-electron chi connectivity index (χ4n) is 2.84. The lowest BCUT2D eigenvalue weighted by Crippen LogP contribution is -2.36. The Kier molecular flexibility index (Phi) is 4.08. The van der Waals surface area contributed by atoms with Gasteiger partial charge in [0.05, 0.1) is 6.54 Å². The second-order valence-corrected chi connectivity index (χ2v) is 6.65. The quantitative estimate of drug-likeness (QED) is 0.942. The lowest BCUT2D eigenvalue weighted by atomic mass is 10.1. The van der Waals surface area contributed by atoms with Gasteiger partial charge in [0.2, 0.25) is 5.91 Å². The van der Waals surface area contributed by atoms with Gasteiger partial charge < -0.3 is 5.32 Å². The van der Waals surface area contributed by atoms with Gasteiger partial charge in [0, 0.05) is 23.7 Å². The number of hydrogen-bond donors (Lipinski definition) is 1. The van der Waals surface area contributed by atoms with E-state index in [9.17, 15) is 4.79 Å². The number of rotatable bonds is 3. The first kappa shape index (κ1) is 14.3. The Labute approximate surface area is 129 Å². The van der Waals surface area contributed by atoms with Crippen LogP contribution in [0.4, 0.5) is 5.69 Å². The van der Waals surface area contributed by atoms with Crippen LogP contribution in [0.2, 0.25) is 0 Å². The summed E-state index contributed by atoms with van der Waals surface area (Å²) in [6, 6.07) is 8.25. The highest BCUT2D eigenvalue weighted by atomic mass is 32.1. The lowest BCUT2D eigenvalue weighted by molar-refractivity contribution is -0.117. The molecule has 21 heavy (non-hydrogen) atoms. The summed E-state index contributed by atoms with van der Waals surface area (Å²) in [7, 11) is 0. The first-order valence-electron chi connectivity index (χ1n) is 7.27. The smallest absolute Gasteiger partial charge is 0.238 e. The van der Waals surface area contributed by atoms with Crippen LogP contribution < -0.4 is 5.32 Å². The number of nitrogens with one attached hydrogen (secondary N) is 1. The molecule has 0 radical (unpaired) electrons. The first-order chi connectivity index (χ1) is 10.1. The molecular weight excluding hydrogens is 280 g/mol. The van der Waals surface area contributed by atoms with Crippen molar-refractivity contribution in [3.05, 3.63) is 51.2 Å². The Morgan fingerprint density at radius 1 is 1.29 bits per heavy atom. The van der Waals surface area contributed by atoms with Crippen LogP contribution >= 0.6 is 11.3 Å². The predicted molar refractivity (Wildman–Crippen MR) is 87.8 cm³/mol. The molecule has 0 spiro atoms. The van der Waals surface area contributed by atoms with Gasteiger partial charge in [-0.25, -0.2) is 0 Å². The number of carbonyl (C=O) groups is 1. The van der Waals surface area contributed by atoms with Crippen LogP contribution in [-0.2, 0) is 17.8 Å². The Bertz CT molecular complexity index is 642. The van der Waals surface area contributed by atoms with Crippen molar-refractivity contribution >= 4 is 22.9 Å².